The molecule has 20 heavy (non-hydrogen) atoms. The summed E-state index contributed by atoms with van der Waals surface area (Å²) in [5.41, 5.74) is 3.42. The Bertz CT molecular complexity index is 433. The van der Waals surface area contributed by atoms with E-state index in [0.29, 0.717) is 11.5 Å². The number of rotatable bonds is 5. The van der Waals surface area contributed by atoms with Gasteiger partial charge in [0.2, 0.25) is 0 Å². The minimum Gasteiger partial charge on any atom is -0.313 e. The molecule has 1 heteroatoms. The molecule has 2 rings (SSSR count). The highest BCUT2D eigenvalue weighted by atomic mass is 14.9. The Morgan fingerprint density at radius 3 is 2.60 bits per heavy atom. The van der Waals surface area contributed by atoms with Gasteiger partial charge in [-0.15, -0.1) is 0 Å². The van der Waals surface area contributed by atoms with E-state index in [9.17, 15) is 0 Å². The predicted molar refractivity (Wildman–Crippen MR) is 87.9 cm³/mol. The third kappa shape index (κ3) is 3.44. The third-order valence-corrected chi connectivity index (χ3v) is 5.01. The molecular weight excluding hydrogens is 242 g/mol. The first-order chi connectivity index (χ1) is 9.44. The van der Waals surface area contributed by atoms with Gasteiger partial charge in [-0.3, -0.25) is 0 Å². The predicted octanol–water partition coefficient (Wildman–Crippen LogP) is 4.97. The molecule has 0 heterocycles. The summed E-state index contributed by atoms with van der Waals surface area (Å²) >= 11 is 0. The summed E-state index contributed by atoms with van der Waals surface area (Å²) in [6, 6.07) is 9.74. The average Bonchev–Trinajstić information content (AvgIpc) is 2.70. The molecule has 0 spiro atoms. The van der Waals surface area contributed by atoms with E-state index >= 15 is 0 Å². The second-order valence-corrected chi connectivity index (χ2v) is 7.60. The molecule has 1 aromatic carbocycles. The Morgan fingerprint density at radius 2 is 2.05 bits per heavy atom. The second kappa shape index (κ2) is 6.30. The number of hydrogen-bond acceptors (Lipinski definition) is 1. The molecule has 0 aliphatic heterocycles. The zero-order valence-electron chi connectivity index (χ0n) is 13.9. The quantitative estimate of drug-likeness (QED) is 0.798. The van der Waals surface area contributed by atoms with E-state index in [0.717, 1.165) is 11.8 Å². The Morgan fingerprint density at radius 1 is 1.30 bits per heavy atom. The van der Waals surface area contributed by atoms with Crippen molar-refractivity contribution in [1.29, 1.82) is 0 Å². The van der Waals surface area contributed by atoms with Crippen LogP contribution in [0.15, 0.2) is 24.3 Å². The fourth-order valence-electron chi connectivity index (χ4n) is 3.96. The maximum Gasteiger partial charge on any atom is 0.0351 e. The first kappa shape index (κ1) is 15.6. The molecule has 1 aliphatic carbocycles. The van der Waals surface area contributed by atoms with Crippen LogP contribution >= 0.6 is 0 Å². The topological polar surface area (TPSA) is 12.0 Å². The van der Waals surface area contributed by atoms with Crippen LogP contribution in [0.25, 0.3) is 0 Å². The molecule has 112 valence electrons. The molecule has 0 aromatic heterocycles. The summed E-state index contributed by atoms with van der Waals surface area (Å²) in [5, 5.41) is 3.60. The fourth-order valence-corrected chi connectivity index (χ4v) is 3.96. The van der Waals surface area contributed by atoms with Crippen LogP contribution in [0.1, 0.15) is 64.1 Å². The Labute approximate surface area is 125 Å². The van der Waals surface area contributed by atoms with Gasteiger partial charge in [-0.25, -0.2) is 0 Å². The lowest BCUT2D eigenvalue weighted by Gasteiger charge is -2.34. The van der Waals surface area contributed by atoms with Crippen molar-refractivity contribution in [3.8, 4) is 0 Å². The van der Waals surface area contributed by atoms with Gasteiger partial charge in [0.05, 0.1) is 0 Å². The van der Waals surface area contributed by atoms with Crippen molar-refractivity contribution in [2.24, 2.45) is 17.3 Å². The van der Waals surface area contributed by atoms with Crippen molar-refractivity contribution < 1.29 is 0 Å². The fraction of sp³-hybridized carbons (Fsp3) is 0.684. The molecule has 1 saturated carbocycles. The summed E-state index contributed by atoms with van der Waals surface area (Å²) in [6.07, 6.45) is 5.27. The SMILES string of the molecule is CNC(c1cccc(CC(C)C)c1)C1CCCC1(C)C. The van der Waals surface area contributed by atoms with Crippen LogP contribution in [0.3, 0.4) is 0 Å². The van der Waals surface area contributed by atoms with Crippen molar-refractivity contribution in [3.05, 3.63) is 35.4 Å². The van der Waals surface area contributed by atoms with Crippen molar-refractivity contribution in [2.75, 3.05) is 7.05 Å². The van der Waals surface area contributed by atoms with E-state index in [4.69, 9.17) is 0 Å². The van der Waals surface area contributed by atoms with E-state index in [1.165, 1.54) is 36.8 Å². The van der Waals surface area contributed by atoms with Gasteiger partial charge in [0.1, 0.15) is 0 Å². The van der Waals surface area contributed by atoms with E-state index in [2.05, 4.69) is 64.3 Å². The largest absolute Gasteiger partial charge is 0.313 e. The van der Waals surface area contributed by atoms with Gasteiger partial charge < -0.3 is 5.32 Å². The smallest absolute Gasteiger partial charge is 0.0351 e. The van der Waals surface area contributed by atoms with E-state index < -0.39 is 0 Å². The molecule has 1 aliphatic rings. The Hall–Kier alpha value is -0.820. The number of nitrogens with one attached hydrogen (secondary N) is 1. The molecular formula is C19H31N. The van der Waals surface area contributed by atoms with Crippen LogP contribution in [0.5, 0.6) is 0 Å². The highest BCUT2D eigenvalue weighted by Gasteiger charge is 2.39. The van der Waals surface area contributed by atoms with Crippen LogP contribution in [-0.2, 0) is 6.42 Å². The third-order valence-electron chi connectivity index (χ3n) is 5.01. The lowest BCUT2D eigenvalue weighted by molar-refractivity contribution is 0.203. The lowest BCUT2D eigenvalue weighted by Crippen LogP contribution is -2.32. The van der Waals surface area contributed by atoms with Gasteiger partial charge in [0.25, 0.3) is 0 Å². The van der Waals surface area contributed by atoms with Gasteiger partial charge in [-0.2, -0.15) is 0 Å². The molecule has 2 unspecified atom stereocenters. The molecule has 1 nitrogen and oxygen atoms in total. The normalized spacial score (nSPS) is 23.2. The van der Waals surface area contributed by atoms with E-state index in [1.54, 1.807) is 0 Å². The van der Waals surface area contributed by atoms with Crippen molar-refractivity contribution in [1.82, 2.24) is 5.32 Å². The monoisotopic (exact) mass is 273 g/mol. The van der Waals surface area contributed by atoms with Gasteiger partial charge >= 0.3 is 0 Å². The first-order valence-electron chi connectivity index (χ1n) is 8.20. The minimum atomic E-state index is 0.460. The molecule has 0 saturated heterocycles. The average molecular weight is 273 g/mol. The maximum absolute atomic E-state index is 3.60. The summed E-state index contributed by atoms with van der Waals surface area (Å²) in [7, 11) is 2.12. The van der Waals surface area contributed by atoms with Crippen molar-refractivity contribution in [3.63, 3.8) is 0 Å². The van der Waals surface area contributed by atoms with Crippen LogP contribution in [0.2, 0.25) is 0 Å². The summed E-state index contributed by atoms with van der Waals surface area (Å²) in [5.74, 6) is 1.48. The molecule has 1 fully saturated rings. The molecule has 2 atom stereocenters. The van der Waals surface area contributed by atoms with Crippen LogP contribution in [0.4, 0.5) is 0 Å². The lowest BCUT2D eigenvalue weighted by atomic mass is 9.75. The minimum absolute atomic E-state index is 0.460. The Kier molecular flexibility index (Phi) is 4.90. The van der Waals surface area contributed by atoms with Crippen molar-refractivity contribution in [2.45, 2.75) is 59.4 Å². The summed E-state index contributed by atoms with van der Waals surface area (Å²) in [6.45, 7) is 9.46. The van der Waals surface area contributed by atoms with Crippen LogP contribution in [-0.4, -0.2) is 7.05 Å². The zero-order chi connectivity index (χ0) is 14.8. The number of hydrogen-bond donors (Lipinski definition) is 1. The molecule has 1 N–H and O–H groups in total. The zero-order valence-corrected chi connectivity index (χ0v) is 13.9. The van der Waals surface area contributed by atoms with Crippen LogP contribution in [0, 0.1) is 17.3 Å². The molecule has 0 bridgehead atoms. The summed E-state index contributed by atoms with van der Waals surface area (Å²) < 4.78 is 0. The van der Waals surface area contributed by atoms with Gasteiger partial charge in [-0.1, -0.05) is 58.4 Å². The number of benzene rings is 1. The highest BCUT2D eigenvalue weighted by Crippen LogP contribution is 2.48. The van der Waals surface area contributed by atoms with Gasteiger partial charge in [0, 0.05) is 6.04 Å². The Balaban J connectivity index is 2.23. The highest BCUT2D eigenvalue weighted by molar-refractivity contribution is 5.27. The van der Waals surface area contributed by atoms with Crippen LogP contribution < -0.4 is 5.32 Å². The standard InChI is InChI=1S/C19H31N/c1-14(2)12-15-8-6-9-16(13-15)18(20-5)17-10-7-11-19(17,3)4/h6,8-9,13-14,17-18,20H,7,10-12H2,1-5H3. The second-order valence-electron chi connectivity index (χ2n) is 7.60. The van der Waals surface area contributed by atoms with Crippen molar-refractivity contribution >= 4 is 0 Å². The van der Waals surface area contributed by atoms with E-state index in [-0.39, 0.29) is 0 Å². The maximum atomic E-state index is 3.60. The van der Waals surface area contributed by atoms with Gasteiger partial charge in [-0.05, 0) is 54.7 Å². The molecule has 0 radical (unpaired) electrons. The summed E-state index contributed by atoms with van der Waals surface area (Å²) in [4.78, 5) is 0. The van der Waals surface area contributed by atoms with E-state index in [1.807, 2.05) is 0 Å². The van der Waals surface area contributed by atoms with Gasteiger partial charge in [0.15, 0.2) is 0 Å². The molecule has 1 aromatic rings. The molecule has 0 amide bonds. The first-order valence-corrected chi connectivity index (χ1v) is 8.20.